The molecule has 2 rings (SSSR count). The lowest BCUT2D eigenvalue weighted by Gasteiger charge is -2.32. The molecule has 218 valence electrons. The highest BCUT2D eigenvalue weighted by molar-refractivity contribution is 6.33. The molecule has 0 heterocycles. The van der Waals surface area contributed by atoms with Crippen molar-refractivity contribution in [3.8, 4) is 6.07 Å². The number of nitrogens with two attached hydrogens (primary N) is 1. The van der Waals surface area contributed by atoms with Crippen molar-refractivity contribution in [1.82, 2.24) is 21.1 Å². The van der Waals surface area contributed by atoms with Gasteiger partial charge in [-0.25, -0.2) is 5.01 Å². The number of anilines is 1. The van der Waals surface area contributed by atoms with E-state index >= 15 is 0 Å². The highest BCUT2D eigenvalue weighted by atomic mass is 35.5. The molecule has 5 N–H and O–H groups in total. The number of carbonyl (C=O) groups is 5. The van der Waals surface area contributed by atoms with Gasteiger partial charge in [0.1, 0.15) is 25.0 Å². The molecule has 2 aromatic carbocycles. The van der Waals surface area contributed by atoms with Gasteiger partial charge in [0.25, 0.3) is 17.7 Å². The first-order valence-corrected chi connectivity index (χ1v) is 13.0. The van der Waals surface area contributed by atoms with Crippen LogP contribution in [0.4, 0.5) is 5.69 Å². The van der Waals surface area contributed by atoms with Gasteiger partial charge in [-0.05, 0) is 36.1 Å². The fraction of sp³-hybridized carbons (Fsp3) is 0.357. The zero-order valence-corrected chi connectivity index (χ0v) is 23.9. The highest BCUT2D eigenvalue weighted by Gasteiger charge is 2.36. The Labute approximate surface area is 243 Å². The fourth-order valence-electron chi connectivity index (χ4n) is 3.62. The maximum Gasteiger partial charge on any atom is 0.327 e. The molecule has 0 aromatic heterocycles. The average Bonchev–Trinajstić information content (AvgIpc) is 2.91. The molecular formula is C28H33ClN6O6. The molecular weight excluding hydrogens is 552 g/mol. The van der Waals surface area contributed by atoms with Crippen LogP contribution in [-0.4, -0.2) is 53.8 Å². The van der Waals surface area contributed by atoms with E-state index in [0.717, 1.165) is 0 Å². The fourth-order valence-corrected chi connectivity index (χ4v) is 3.80. The molecule has 0 aliphatic rings. The highest BCUT2D eigenvalue weighted by Crippen LogP contribution is 2.24. The number of nitrogens with zero attached hydrogens (tertiary/aromatic N) is 2. The molecule has 0 saturated heterocycles. The number of halogens is 1. The third kappa shape index (κ3) is 9.51. The number of nitriles is 1. The second-order valence-electron chi connectivity index (χ2n) is 9.96. The van der Waals surface area contributed by atoms with E-state index in [0.29, 0.717) is 10.6 Å². The van der Waals surface area contributed by atoms with Crippen LogP contribution in [-0.2, 0) is 23.9 Å². The zero-order valence-electron chi connectivity index (χ0n) is 23.2. The molecule has 0 spiro atoms. The van der Waals surface area contributed by atoms with Gasteiger partial charge in [0.15, 0.2) is 0 Å². The van der Waals surface area contributed by atoms with Crippen LogP contribution in [0.3, 0.4) is 0 Å². The van der Waals surface area contributed by atoms with Crippen LogP contribution in [0, 0.1) is 16.7 Å². The van der Waals surface area contributed by atoms with Gasteiger partial charge >= 0.3 is 5.97 Å². The average molecular weight is 585 g/mol. The van der Waals surface area contributed by atoms with Crippen LogP contribution < -0.4 is 21.8 Å². The van der Waals surface area contributed by atoms with E-state index in [-0.39, 0.29) is 22.9 Å². The molecule has 13 heteroatoms. The molecule has 0 aliphatic carbocycles. The second-order valence-corrected chi connectivity index (χ2v) is 10.4. The van der Waals surface area contributed by atoms with Crippen molar-refractivity contribution in [3.05, 3.63) is 64.7 Å². The number of hydrogen-bond donors (Lipinski definition) is 4. The summed E-state index contributed by atoms with van der Waals surface area (Å²) in [4.78, 5) is 64.6. The van der Waals surface area contributed by atoms with E-state index in [1.165, 1.54) is 18.2 Å². The van der Waals surface area contributed by atoms with Gasteiger partial charge < -0.3 is 21.1 Å². The molecule has 41 heavy (non-hydrogen) atoms. The lowest BCUT2D eigenvalue weighted by atomic mass is 9.85. The number of carbonyl (C=O) groups excluding carboxylic acids is 5. The normalized spacial score (nSPS) is 12.2. The number of amides is 4. The minimum atomic E-state index is -1.35. The summed E-state index contributed by atoms with van der Waals surface area (Å²) in [5.74, 6) is -3.82. The lowest BCUT2D eigenvalue weighted by molar-refractivity contribution is -0.153. The number of ether oxygens (including phenoxy) is 1. The molecule has 0 fully saturated rings. The van der Waals surface area contributed by atoms with Gasteiger partial charge in [0, 0.05) is 5.56 Å². The Morgan fingerprint density at radius 3 is 2.27 bits per heavy atom. The van der Waals surface area contributed by atoms with Crippen LogP contribution in [0.25, 0.3) is 0 Å². The van der Waals surface area contributed by atoms with Crippen molar-refractivity contribution < 1.29 is 28.7 Å². The predicted octanol–water partition coefficient (Wildman–Crippen LogP) is 2.26. The molecule has 2 atom stereocenters. The van der Waals surface area contributed by atoms with E-state index in [9.17, 15) is 24.0 Å². The number of rotatable bonds is 10. The van der Waals surface area contributed by atoms with Crippen molar-refractivity contribution >= 4 is 46.9 Å². The summed E-state index contributed by atoms with van der Waals surface area (Å²) in [6.07, 6.45) is -0.616. The van der Waals surface area contributed by atoms with Gasteiger partial charge in [-0.3, -0.25) is 29.4 Å². The van der Waals surface area contributed by atoms with E-state index < -0.39 is 60.1 Å². The van der Waals surface area contributed by atoms with Crippen LogP contribution >= 0.6 is 11.6 Å². The zero-order chi connectivity index (χ0) is 30.7. The number of nitrogens with one attached hydrogen (secondary N) is 3. The molecule has 12 nitrogen and oxygen atoms in total. The van der Waals surface area contributed by atoms with Crippen molar-refractivity contribution in [1.29, 1.82) is 5.26 Å². The third-order valence-electron chi connectivity index (χ3n) is 5.72. The molecule has 1 unspecified atom stereocenters. The molecule has 4 amide bonds. The van der Waals surface area contributed by atoms with Crippen LogP contribution in [0.2, 0.25) is 5.02 Å². The quantitative estimate of drug-likeness (QED) is 0.186. The summed E-state index contributed by atoms with van der Waals surface area (Å²) in [5, 5.41) is 15.1. The Bertz CT molecular complexity index is 1320. The van der Waals surface area contributed by atoms with Gasteiger partial charge in [-0.15, -0.1) is 0 Å². The minimum absolute atomic E-state index is 0.0399. The molecule has 0 aliphatic heterocycles. The van der Waals surface area contributed by atoms with Crippen LogP contribution in [0.5, 0.6) is 0 Å². The Hall–Kier alpha value is -4.63. The van der Waals surface area contributed by atoms with Crippen molar-refractivity contribution in [3.63, 3.8) is 0 Å². The summed E-state index contributed by atoms with van der Waals surface area (Å²) in [6, 6.07) is 11.7. The first-order valence-electron chi connectivity index (χ1n) is 12.6. The third-order valence-corrected chi connectivity index (χ3v) is 6.04. The van der Waals surface area contributed by atoms with Gasteiger partial charge in [-0.1, -0.05) is 62.7 Å². The summed E-state index contributed by atoms with van der Waals surface area (Å²) in [7, 11) is 0. The number of hydrazine groups is 1. The summed E-state index contributed by atoms with van der Waals surface area (Å²) in [5.41, 5.74) is 8.04. The monoisotopic (exact) mass is 584 g/mol. The molecule has 2 aromatic rings. The maximum absolute atomic E-state index is 13.6. The topological polar surface area (TPSA) is 184 Å². The molecule has 0 bridgehead atoms. The Morgan fingerprint density at radius 1 is 1.05 bits per heavy atom. The van der Waals surface area contributed by atoms with Crippen LogP contribution in [0.1, 0.15) is 56.1 Å². The van der Waals surface area contributed by atoms with E-state index in [4.69, 9.17) is 27.3 Å². The predicted molar refractivity (Wildman–Crippen MR) is 151 cm³/mol. The Morgan fingerprint density at radius 2 is 1.71 bits per heavy atom. The Balaban J connectivity index is 2.36. The summed E-state index contributed by atoms with van der Waals surface area (Å²) >= 11 is 6.05. The standard InChI is InChI=1S/C28H33ClN6O6/c1-5-41-22(37)16-35(21(36)13-14-30)34-26(39)23(17-9-7-6-8-10-17)32-27(40)24(28(2,3)4)33-25(38)18-11-12-20(31)19(29)15-18/h6-12,15,23-24H,5,13,16,31H2,1-4H3,(H,32,40)(H,33,38)(H,34,39)/t23?,24-/m1/s1. The number of nitrogen functional groups attached to an aromatic ring is 1. The van der Waals surface area contributed by atoms with Crippen molar-refractivity contribution in [2.24, 2.45) is 5.41 Å². The van der Waals surface area contributed by atoms with E-state index in [1.807, 2.05) is 0 Å². The van der Waals surface area contributed by atoms with Crippen molar-refractivity contribution in [2.45, 2.75) is 46.2 Å². The minimum Gasteiger partial charge on any atom is -0.465 e. The SMILES string of the molecule is CCOC(=O)CN(NC(=O)C(NC(=O)[C@@H](NC(=O)c1ccc(N)c(Cl)c1)C(C)(C)C)c1ccccc1)C(=O)CC#N. The van der Waals surface area contributed by atoms with Gasteiger partial charge in [0.05, 0.1) is 23.4 Å². The maximum atomic E-state index is 13.6. The summed E-state index contributed by atoms with van der Waals surface area (Å²) < 4.78 is 4.86. The molecule has 0 saturated carbocycles. The second kappa shape index (κ2) is 14.7. The lowest BCUT2D eigenvalue weighted by Crippen LogP contribution is -2.57. The smallest absolute Gasteiger partial charge is 0.327 e. The van der Waals surface area contributed by atoms with E-state index in [1.54, 1.807) is 64.1 Å². The van der Waals surface area contributed by atoms with Crippen molar-refractivity contribution in [2.75, 3.05) is 18.9 Å². The first-order chi connectivity index (χ1) is 19.3. The van der Waals surface area contributed by atoms with Crippen LogP contribution in [0.15, 0.2) is 48.5 Å². The van der Waals surface area contributed by atoms with E-state index in [2.05, 4.69) is 16.1 Å². The largest absolute Gasteiger partial charge is 0.465 e. The number of esters is 1. The summed E-state index contributed by atoms with van der Waals surface area (Å²) in [6.45, 7) is 6.15. The first kappa shape index (κ1) is 32.6. The Kier molecular flexibility index (Phi) is 11.7. The van der Waals surface area contributed by atoms with Gasteiger partial charge in [-0.2, -0.15) is 5.26 Å². The molecule has 0 radical (unpaired) electrons. The number of hydrogen-bond acceptors (Lipinski definition) is 8. The van der Waals surface area contributed by atoms with Gasteiger partial charge in [0.2, 0.25) is 5.91 Å². The number of benzene rings is 2.